The smallest absolute Gasteiger partial charge is 0.271 e. The van der Waals surface area contributed by atoms with Crippen molar-refractivity contribution in [2.24, 2.45) is 0 Å². The number of carbonyl (C=O) groups is 1. The molecule has 1 aromatic heterocycles. The van der Waals surface area contributed by atoms with E-state index >= 15 is 0 Å². The number of hydrogen-bond donors (Lipinski definition) is 0. The SMILES string of the molecule is CN(C)C(=O)c1cc(S(C)(=O)=O)ccn1. The fraction of sp³-hybridized carbons (Fsp3) is 0.333. The number of aromatic nitrogens is 1. The maximum absolute atomic E-state index is 11.5. The first kappa shape index (κ1) is 11.6. The Bertz CT molecular complexity index is 480. The molecule has 0 aliphatic rings. The van der Waals surface area contributed by atoms with Crippen LogP contribution in [0.2, 0.25) is 0 Å². The van der Waals surface area contributed by atoms with E-state index < -0.39 is 9.84 Å². The lowest BCUT2D eigenvalue weighted by molar-refractivity contribution is 0.0821. The molecule has 82 valence electrons. The molecule has 6 heteroatoms. The van der Waals surface area contributed by atoms with Crippen molar-refractivity contribution in [2.45, 2.75) is 4.90 Å². The molecule has 0 bridgehead atoms. The van der Waals surface area contributed by atoms with Gasteiger partial charge in [-0.1, -0.05) is 0 Å². The van der Waals surface area contributed by atoms with Crippen LogP contribution in [0, 0.1) is 0 Å². The Hall–Kier alpha value is -1.43. The average molecular weight is 228 g/mol. The van der Waals surface area contributed by atoms with Gasteiger partial charge in [0.1, 0.15) is 5.69 Å². The van der Waals surface area contributed by atoms with Gasteiger partial charge in [-0.2, -0.15) is 0 Å². The van der Waals surface area contributed by atoms with E-state index in [9.17, 15) is 13.2 Å². The highest BCUT2D eigenvalue weighted by Gasteiger charge is 2.13. The molecule has 0 saturated carbocycles. The molecule has 0 aliphatic carbocycles. The summed E-state index contributed by atoms with van der Waals surface area (Å²) in [6, 6.07) is 2.64. The van der Waals surface area contributed by atoms with E-state index in [1.165, 1.54) is 23.2 Å². The van der Waals surface area contributed by atoms with Crippen LogP contribution in [0.15, 0.2) is 23.2 Å². The summed E-state index contributed by atoms with van der Waals surface area (Å²) in [5.74, 6) is -0.319. The monoisotopic (exact) mass is 228 g/mol. The van der Waals surface area contributed by atoms with Gasteiger partial charge in [0.2, 0.25) is 0 Å². The van der Waals surface area contributed by atoms with Gasteiger partial charge >= 0.3 is 0 Å². The molecule has 0 N–H and O–H groups in total. The number of nitrogens with zero attached hydrogens (tertiary/aromatic N) is 2. The van der Waals surface area contributed by atoms with Crippen molar-refractivity contribution in [3.8, 4) is 0 Å². The average Bonchev–Trinajstić information content (AvgIpc) is 2.15. The Labute approximate surface area is 88.7 Å². The van der Waals surface area contributed by atoms with Gasteiger partial charge in [0.05, 0.1) is 4.90 Å². The van der Waals surface area contributed by atoms with E-state index in [0.717, 1.165) is 6.26 Å². The Morgan fingerprint density at radius 3 is 2.47 bits per heavy atom. The molecule has 0 radical (unpaired) electrons. The van der Waals surface area contributed by atoms with E-state index in [2.05, 4.69) is 4.98 Å². The Morgan fingerprint density at radius 2 is 2.00 bits per heavy atom. The van der Waals surface area contributed by atoms with E-state index in [4.69, 9.17) is 0 Å². The van der Waals surface area contributed by atoms with E-state index in [1.54, 1.807) is 14.1 Å². The van der Waals surface area contributed by atoms with Gasteiger partial charge in [0.25, 0.3) is 5.91 Å². The summed E-state index contributed by atoms with van der Waals surface area (Å²) in [6.07, 6.45) is 2.40. The van der Waals surface area contributed by atoms with Gasteiger partial charge < -0.3 is 4.90 Å². The zero-order valence-electron chi connectivity index (χ0n) is 8.76. The van der Waals surface area contributed by atoms with Crippen LogP contribution < -0.4 is 0 Å². The molecular weight excluding hydrogens is 216 g/mol. The molecule has 1 amide bonds. The summed E-state index contributed by atoms with van der Waals surface area (Å²) in [7, 11) is -0.134. The first-order valence-electron chi connectivity index (χ1n) is 4.20. The van der Waals surface area contributed by atoms with Crippen LogP contribution >= 0.6 is 0 Å². The Morgan fingerprint density at radius 1 is 1.40 bits per heavy atom. The summed E-state index contributed by atoms with van der Waals surface area (Å²) < 4.78 is 22.4. The lowest BCUT2D eigenvalue weighted by Gasteiger charge is -2.09. The van der Waals surface area contributed by atoms with Crippen molar-refractivity contribution >= 4 is 15.7 Å². The largest absolute Gasteiger partial charge is 0.343 e. The minimum atomic E-state index is -3.30. The third kappa shape index (κ3) is 2.76. The molecule has 0 atom stereocenters. The predicted octanol–water partition coefficient (Wildman–Crippen LogP) is 0.187. The zero-order chi connectivity index (χ0) is 11.6. The minimum absolute atomic E-state index is 0.0997. The van der Waals surface area contributed by atoms with Crippen molar-refractivity contribution in [3.63, 3.8) is 0 Å². The topological polar surface area (TPSA) is 67.3 Å². The number of sulfone groups is 1. The number of amides is 1. The van der Waals surface area contributed by atoms with Crippen molar-refractivity contribution < 1.29 is 13.2 Å². The molecule has 0 aromatic carbocycles. The third-order valence-electron chi connectivity index (χ3n) is 1.78. The molecule has 1 heterocycles. The maximum atomic E-state index is 11.5. The van der Waals surface area contributed by atoms with Crippen LogP contribution in [0.3, 0.4) is 0 Å². The fourth-order valence-electron chi connectivity index (χ4n) is 0.988. The molecule has 1 rings (SSSR count). The Balaban J connectivity index is 3.20. The highest BCUT2D eigenvalue weighted by atomic mass is 32.2. The molecule has 0 spiro atoms. The molecule has 1 aromatic rings. The van der Waals surface area contributed by atoms with Gasteiger partial charge in [-0.05, 0) is 12.1 Å². The number of carbonyl (C=O) groups excluding carboxylic acids is 1. The highest BCUT2D eigenvalue weighted by molar-refractivity contribution is 7.90. The summed E-state index contributed by atoms with van der Waals surface area (Å²) in [5, 5.41) is 0. The van der Waals surface area contributed by atoms with Crippen molar-refractivity contribution in [2.75, 3.05) is 20.4 Å². The maximum Gasteiger partial charge on any atom is 0.271 e. The second-order valence-electron chi connectivity index (χ2n) is 3.35. The first-order valence-corrected chi connectivity index (χ1v) is 6.09. The van der Waals surface area contributed by atoms with Gasteiger partial charge in [0, 0.05) is 26.5 Å². The van der Waals surface area contributed by atoms with Crippen LogP contribution in [0.4, 0.5) is 0 Å². The van der Waals surface area contributed by atoms with Crippen LogP contribution in [-0.4, -0.2) is 44.6 Å². The Kier molecular flexibility index (Phi) is 3.09. The van der Waals surface area contributed by atoms with Gasteiger partial charge in [0.15, 0.2) is 9.84 Å². The summed E-state index contributed by atoms with van der Waals surface area (Å²) in [5.41, 5.74) is 0.128. The lowest BCUT2D eigenvalue weighted by Crippen LogP contribution is -2.23. The quantitative estimate of drug-likeness (QED) is 0.724. The van der Waals surface area contributed by atoms with Crippen molar-refractivity contribution in [1.29, 1.82) is 0 Å². The van der Waals surface area contributed by atoms with Crippen LogP contribution in [0.5, 0.6) is 0 Å². The highest BCUT2D eigenvalue weighted by Crippen LogP contribution is 2.09. The predicted molar refractivity (Wildman–Crippen MR) is 55.4 cm³/mol. The van der Waals surface area contributed by atoms with Gasteiger partial charge in [-0.25, -0.2) is 8.42 Å². The third-order valence-corrected chi connectivity index (χ3v) is 2.90. The second kappa shape index (κ2) is 3.98. The molecule has 15 heavy (non-hydrogen) atoms. The molecule has 0 unspecified atom stereocenters. The molecule has 0 aliphatic heterocycles. The molecule has 5 nitrogen and oxygen atoms in total. The van der Waals surface area contributed by atoms with Crippen LogP contribution in [0.25, 0.3) is 0 Å². The normalized spacial score (nSPS) is 11.1. The number of hydrogen-bond acceptors (Lipinski definition) is 4. The first-order chi connectivity index (χ1) is 6.82. The second-order valence-corrected chi connectivity index (χ2v) is 5.36. The minimum Gasteiger partial charge on any atom is -0.343 e. The number of pyridine rings is 1. The number of rotatable bonds is 2. The van der Waals surface area contributed by atoms with Crippen molar-refractivity contribution in [1.82, 2.24) is 9.88 Å². The van der Waals surface area contributed by atoms with E-state index in [-0.39, 0.29) is 16.5 Å². The lowest BCUT2D eigenvalue weighted by atomic mass is 10.3. The van der Waals surface area contributed by atoms with Gasteiger partial charge in [-0.3, -0.25) is 9.78 Å². The summed E-state index contributed by atoms with van der Waals surface area (Å²) >= 11 is 0. The zero-order valence-corrected chi connectivity index (χ0v) is 9.58. The van der Waals surface area contributed by atoms with Crippen LogP contribution in [-0.2, 0) is 9.84 Å². The fourth-order valence-corrected chi connectivity index (χ4v) is 1.62. The van der Waals surface area contributed by atoms with Crippen LogP contribution in [0.1, 0.15) is 10.5 Å². The van der Waals surface area contributed by atoms with E-state index in [0.29, 0.717) is 0 Å². The molecule has 0 fully saturated rings. The van der Waals surface area contributed by atoms with E-state index in [1.807, 2.05) is 0 Å². The molecule has 0 saturated heterocycles. The summed E-state index contributed by atoms with van der Waals surface area (Å²) in [6.45, 7) is 0. The van der Waals surface area contributed by atoms with Crippen molar-refractivity contribution in [3.05, 3.63) is 24.0 Å². The molecular formula is C9H12N2O3S. The van der Waals surface area contributed by atoms with Gasteiger partial charge in [-0.15, -0.1) is 0 Å². The summed E-state index contributed by atoms with van der Waals surface area (Å²) in [4.78, 5) is 16.8. The standard InChI is InChI=1S/C9H12N2O3S/c1-11(2)9(12)8-6-7(4-5-10-8)15(3,13)14/h4-6H,1-3H3.